The van der Waals surface area contributed by atoms with E-state index in [2.05, 4.69) is 16.9 Å². The first-order chi connectivity index (χ1) is 8.69. The molecule has 1 aromatic heterocycles. The summed E-state index contributed by atoms with van der Waals surface area (Å²) < 4.78 is 26.1. The number of rotatable bonds is 4. The van der Waals surface area contributed by atoms with E-state index in [1.54, 1.807) is 12.4 Å². The van der Waals surface area contributed by atoms with Crippen LogP contribution < -0.4 is 0 Å². The fraction of sp³-hybridized carbons (Fsp3) is 0.286. The number of hydrogen-bond acceptors (Lipinski definition) is 2. The van der Waals surface area contributed by atoms with Crippen LogP contribution in [-0.4, -0.2) is 9.97 Å². The number of unbranched alkanes of at least 4 members (excludes halogenated alkanes) is 1. The molecule has 4 heteroatoms. The van der Waals surface area contributed by atoms with Crippen molar-refractivity contribution in [3.63, 3.8) is 0 Å². The van der Waals surface area contributed by atoms with Gasteiger partial charge in [-0.3, -0.25) is 0 Å². The van der Waals surface area contributed by atoms with Gasteiger partial charge in [0.15, 0.2) is 5.82 Å². The van der Waals surface area contributed by atoms with Crippen molar-refractivity contribution >= 4 is 0 Å². The van der Waals surface area contributed by atoms with Gasteiger partial charge in [0, 0.05) is 24.0 Å². The average Bonchev–Trinajstić information content (AvgIpc) is 2.36. The van der Waals surface area contributed by atoms with E-state index in [9.17, 15) is 8.78 Å². The lowest BCUT2D eigenvalue weighted by molar-refractivity contribution is 0.584. The van der Waals surface area contributed by atoms with E-state index in [0.717, 1.165) is 30.9 Å². The number of hydrogen-bond donors (Lipinski definition) is 0. The van der Waals surface area contributed by atoms with Crippen molar-refractivity contribution in [3.05, 3.63) is 47.8 Å². The lowest BCUT2D eigenvalue weighted by Gasteiger charge is -2.03. The summed E-state index contributed by atoms with van der Waals surface area (Å²) in [7, 11) is 0. The minimum Gasteiger partial charge on any atom is -0.236 e. The van der Waals surface area contributed by atoms with E-state index in [1.807, 2.05) is 0 Å². The van der Waals surface area contributed by atoms with Gasteiger partial charge in [0.2, 0.25) is 0 Å². The smallest absolute Gasteiger partial charge is 0.159 e. The zero-order valence-electron chi connectivity index (χ0n) is 10.2. The molecule has 0 N–H and O–H groups in total. The van der Waals surface area contributed by atoms with Crippen molar-refractivity contribution in [1.29, 1.82) is 0 Å². The summed E-state index contributed by atoms with van der Waals surface area (Å²) in [4.78, 5) is 8.28. The Balaban J connectivity index is 2.23. The minimum atomic E-state index is -0.622. The fourth-order valence-corrected chi connectivity index (χ4v) is 1.70. The highest BCUT2D eigenvalue weighted by molar-refractivity contribution is 5.54. The maximum absolute atomic E-state index is 13.1. The molecule has 2 nitrogen and oxygen atoms in total. The highest BCUT2D eigenvalue weighted by atomic mass is 19.1. The molecular formula is C14H14F2N2. The van der Waals surface area contributed by atoms with Crippen molar-refractivity contribution in [2.45, 2.75) is 26.2 Å². The molecule has 0 saturated carbocycles. The lowest BCUT2D eigenvalue weighted by Crippen LogP contribution is -1.94. The van der Waals surface area contributed by atoms with Crippen LogP contribution in [0.25, 0.3) is 11.4 Å². The molecule has 1 aromatic carbocycles. The predicted molar refractivity (Wildman–Crippen MR) is 66.0 cm³/mol. The van der Waals surface area contributed by atoms with E-state index in [1.165, 1.54) is 12.1 Å². The van der Waals surface area contributed by atoms with E-state index in [4.69, 9.17) is 0 Å². The quantitative estimate of drug-likeness (QED) is 0.823. The standard InChI is InChI=1S/C14H14F2N2/c1-2-3-4-10-8-17-14(18-9-10)11-5-12(15)7-13(16)6-11/h5-9H,2-4H2,1H3. The van der Waals surface area contributed by atoms with Gasteiger partial charge in [-0.1, -0.05) is 13.3 Å². The van der Waals surface area contributed by atoms with Crippen LogP contribution in [0.1, 0.15) is 25.3 Å². The number of aryl methyl sites for hydroxylation is 1. The maximum atomic E-state index is 13.1. The minimum absolute atomic E-state index is 0.341. The van der Waals surface area contributed by atoms with Gasteiger partial charge < -0.3 is 0 Å². The van der Waals surface area contributed by atoms with E-state index >= 15 is 0 Å². The summed E-state index contributed by atoms with van der Waals surface area (Å²) >= 11 is 0. The van der Waals surface area contributed by atoms with Crippen LogP contribution in [-0.2, 0) is 6.42 Å². The Morgan fingerprint density at radius 3 is 2.17 bits per heavy atom. The van der Waals surface area contributed by atoms with Crippen molar-refractivity contribution in [2.75, 3.05) is 0 Å². The molecule has 0 amide bonds. The topological polar surface area (TPSA) is 25.8 Å². The third-order valence-electron chi connectivity index (χ3n) is 2.65. The number of halogens is 2. The monoisotopic (exact) mass is 248 g/mol. The molecule has 0 fully saturated rings. The molecule has 94 valence electrons. The first-order valence-corrected chi connectivity index (χ1v) is 5.96. The molecule has 0 spiro atoms. The summed E-state index contributed by atoms with van der Waals surface area (Å²) in [6.45, 7) is 2.12. The zero-order chi connectivity index (χ0) is 13.0. The van der Waals surface area contributed by atoms with Crippen molar-refractivity contribution in [2.24, 2.45) is 0 Å². The Morgan fingerprint density at radius 2 is 1.61 bits per heavy atom. The molecular weight excluding hydrogens is 234 g/mol. The van der Waals surface area contributed by atoms with Gasteiger partial charge in [0.25, 0.3) is 0 Å². The number of nitrogens with zero attached hydrogens (tertiary/aromatic N) is 2. The average molecular weight is 248 g/mol. The van der Waals surface area contributed by atoms with E-state index < -0.39 is 11.6 Å². The summed E-state index contributed by atoms with van der Waals surface area (Å²) in [5.74, 6) is -0.902. The molecule has 0 atom stereocenters. The lowest BCUT2D eigenvalue weighted by atomic mass is 10.1. The van der Waals surface area contributed by atoms with E-state index in [-0.39, 0.29) is 0 Å². The molecule has 2 aromatic rings. The fourth-order valence-electron chi connectivity index (χ4n) is 1.70. The normalized spacial score (nSPS) is 10.6. The molecule has 0 bridgehead atoms. The van der Waals surface area contributed by atoms with Crippen molar-refractivity contribution in [1.82, 2.24) is 9.97 Å². The van der Waals surface area contributed by atoms with Gasteiger partial charge in [0.1, 0.15) is 11.6 Å². The van der Waals surface area contributed by atoms with Crippen LogP contribution in [0.5, 0.6) is 0 Å². The van der Waals surface area contributed by atoms with Crippen LogP contribution in [0.15, 0.2) is 30.6 Å². The molecule has 18 heavy (non-hydrogen) atoms. The predicted octanol–water partition coefficient (Wildman–Crippen LogP) is 3.76. The molecule has 1 heterocycles. The number of benzene rings is 1. The SMILES string of the molecule is CCCCc1cnc(-c2cc(F)cc(F)c2)nc1. The van der Waals surface area contributed by atoms with Gasteiger partial charge in [-0.15, -0.1) is 0 Å². The molecule has 2 rings (SSSR count). The molecule has 0 aliphatic heterocycles. The summed E-state index contributed by atoms with van der Waals surface area (Å²) in [6.07, 6.45) is 6.53. The number of aromatic nitrogens is 2. The van der Waals surface area contributed by atoms with Crippen LogP contribution in [0.3, 0.4) is 0 Å². The Labute approximate surface area is 105 Å². The van der Waals surface area contributed by atoms with Crippen LogP contribution >= 0.6 is 0 Å². The van der Waals surface area contributed by atoms with Gasteiger partial charge in [0.05, 0.1) is 0 Å². The Kier molecular flexibility index (Phi) is 3.97. The Hall–Kier alpha value is -1.84. The third-order valence-corrected chi connectivity index (χ3v) is 2.65. The van der Waals surface area contributed by atoms with Crippen LogP contribution in [0.4, 0.5) is 8.78 Å². The summed E-state index contributed by atoms with van der Waals surface area (Å²) in [5, 5.41) is 0. The first kappa shape index (κ1) is 12.6. The summed E-state index contributed by atoms with van der Waals surface area (Å²) in [6, 6.07) is 3.29. The van der Waals surface area contributed by atoms with Gasteiger partial charge in [-0.2, -0.15) is 0 Å². The van der Waals surface area contributed by atoms with E-state index in [0.29, 0.717) is 11.4 Å². The molecule has 0 unspecified atom stereocenters. The summed E-state index contributed by atoms with van der Waals surface area (Å²) in [5.41, 5.74) is 1.40. The molecule has 0 radical (unpaired) electrons. The Bertz CT molecular complexity index is 504. The third kappa shape index (κ3) is 3.09. The zero-order valence-corrected chi connectivity index (χ0v) is 10.2. The first-order valence-electron chi connectivity index (χ1n) is 5.96. The largest absolute Gasteiger partial charge is 0.236 e. The highest BCUT2D eigenvalue weighted by Crippen LogP contribution is 2.18. The van der Waals surface area contributed by atoms with Gasteiger partial charge in [-0.25, -0.2) is 18.7 Å². The molecule has 0 aliphatic rings. The highest BCUT2D eigenvalue weighted by Gasteiger charge is 2.05. The maximum Gasteiger partial charge on any atom is 0.159 e. The Morgan fingerprint density at radius 1 is 1.00 bits per heavy atom. The second-order valence-corrected chi connectivity index (χ2v) is 4.18. The van der Waals surface area contributed by atoms with Gasteiger partial charge in [-0.05, 0) is 30.5 Å². The van der Waals surface area contributed by atoms with Crippen molar-refractivity contribution < 1.29 is 8.78 Å². The second kappa shape index (κ2) is 5.67. The second-order valence-electron chi connectivity index (χ2n) is 4.18. The molecule has 0 saturated heterocycles. The van der Waals surface area contributed by atoms with Crippen molar-refractivity contribution in [3.8, 4) is 11.4 Å². The molecule has 0 aliphatic carbocycles. The van der Waals surface area contributed by atoms with Crippen LogP contribution in [0.2, 0.25) is 0 Å². The van der Waals surface area contributed by atoms with Gasteiger partial charge >= 0.3 is 0 Å². The van der Waals surface area contributed by atoms with Crippen LogP contribution in [0, 0.1) is 11.6 Å².